The molecule has 0 spiro atoms. The first kappa shape index (κ1) is 12.8. The average Bonchev–Trinajstić information content (AvgIpc) is 2.26. The normalized spacial score (nSPS) is 27.2. The predicted molar refractivity (Wildman–Crippen MR) is 73.3 cm³/mol. The monoisotopic (exact) mass is 265 g/mol. The van der Waals surface area contributed by atoms with Gasteiger partial charge in [0, 0.05) is 9.92 Å². The Balaban J connectivity index is 2.01. The molecule has 0 bridgehead atoms. The van der Waals surface area contributed by atoms with E-state index >= 15 is 0 Å². The molecule has 0 atom stereocenters. The Morgan fingerprint density at radius 2 is 2.29 bits per heavy atom. The summed E-state index contributed by atoms with van der Waals surface area (Å²) in [6, 6.07) is 10.3. The van der Waals surface area contributed by atoms with Gasteiger partial charge in [-0.1, -0.05) is 37.4 Å². The Bertz CT molecular complexity index is 432. The first-order valence-electron chi connectivity index (χ1n) is 6.03. The molecular weight excluding hydrogens is 250 g/mol. The molecule has 0 heterocycles. The Kier molecular flexibility index (Phi) is 4.01. The molecule has 0 aromatic heterocycles. The molecule has 90 valence electrons. The van der Waals surface area contributed by atoms with Gasteiger partial charge in [0.25, 0.3) is 0 Å². The van der Waals surface area contributed by atoms with Crippen LogP contribution in [0, 0.1) is 17.2 Å². The Morgan fingerprint density at radius 1 is 1.53 bits per heavy atom. The summed E-state index contributed by atoms with van der Waals surface area (Å²) in [6.07, 6.45) is 4.51. The van der Waals surface area contributed by atoms with E-state index in [1.807, 2.05) is 24.3 Å². The maximum absolute atomic E-state index is 9.35. The molecular formula is C14H16ClNS. The van der Waals surface area contributed by atoms with Crippen LogP contribution in [-0.2, 0) is 0 Å². The van der Waals surface area contributed by atoms with Crippen molar-refractivity contribution in [3.05, 3.63) is 29.3 Å². The molecule has 1 aliphatic rings. The number of hydrogen-bond acceptors (Lipinski definition) is 2. The maximum atomic E-state index is 9.35. The molecule has 0 unspecified atom stereocenters. The van der Waals surface area contributed by atoms with Crippen LogP contribution in [0.25, 0.3) is 0 Å². The van der Waals surface area contributed by atoms with Crippen molar-refractivity contribution in [1.29, 1.82) is 5.26 Å². The topological polar surface area (TPSA) is 23.8 Å². The summed E-state index contributed by atoms with van der Waals surface area (Å²) in [6.45, 7) is 2.20. The minimum absolute atomic E-state index is 0.204. The lowest BCUT2D eigenvalue weighted by molar-refractivity contribution is 0.258. The molecule has 1 aromatic carbocycles. The van der Waals surface area contributed by atoms with E-state index < -0.39 is 0 Å². The Labute approximate surface area is 112 Å². The van der Waals surface area contributed by atoms with Crippen molar-refractivity contribution >= 4 is 23.4 Å². The second kappa shape index (κ2) is 5.33. The fourth-order valence-electron chi connectivity index (χ4n) is 2.44. The molecule has 0 radical (unpaired) electrons. The third kappa shape index (κ3) is 2.97. The second-order valence-corrected chi connectivity index (χ2v) is 6.62. The Hall–Kier alpha value is -0.650. The summed E-state index contributed by atoms with van der Waals surface area (Å²) in [5.41, 5.74) is 0. The van der Waals surface area contributed by atoms with Gasteiger partial charge in [-0.15, -0.1) is 11.8 Å². The lowest BCUT2D eigenvalue weighted by Crippen LogP contribution is -2.39. The molecule has 1 aromatic rings. The molecule has 1 saturated carbocycles. The lowest BCUT2D eigenvalue weighted by atomic mass is 9.73. The van der Waals surface area contributed by atoms with Crippen molar-refractivity contribution in [2.75, 3.05) is 0 Å². The first-order valence-corrected chi connectivity index (χ1v) is 7.23. The third-order valence-corrected chi connectivity index (χ3v) is 4.79. The van der Waals surface area contributed by atoms with Gasteiger partial charge in [0.2, 0.25) is 0 Å². The largest absolute Gasteiger partial charge is 0.197 e. The standard InChI is InChI=1S/C14H16ClNS/c1-2-4-11-8-14(9-11,10-16)17-13-6-3-5-12(15)7-13/h3,5-7,11H,2,4,8-9H2,1H3. The quantitative estimate of drug-likeness (QED) is 0.773. The van der Waals surface area contributed by atoms with Gasteiger partial charge < -0.3 is 0 Å². The van der Waals surface area contributed by atoms with Crippen LogP contribution in [-0.4, -0.2) is 4.75 Å². The average molecular weight is 266 g/mol. The van der Waals surface area contributed by atoms with Gasteiger partial charge in [0.15, 0.2) is 0 Å². The number of rotatable bonds is 4. The predicted octanol–water partition coefficient (Wildman–Crippen LogP) is 4.90. The van der Waals surface area contributed by atoms with Crippen LogP contribution in [0.1, 0.15) is 32.6 Å². The summed E-state index contributed by atoms with van der Waals surface area (Å²) in [4.78, 5) is 1.11. The van der Waals surface area contributed by atoms with Gasteiger partial charge in [-0.25, -0.2) is 0 Å². The van der Waals surface area contributed by atoms with Gasteiger partial charge in [0.1, 0.15) is 4.75 Å². The van der Waals surface area contributed by atoms with Crippen molar-refractivity contribution in [2.24, 2.45) is 5.92 Å². The summed E-state index contributed by atoms with van der Waals surface area (Å²) >= 11 is 7.64. The van der Waals surface area contributed by atoms with Crippen molar-refractivity contribution in [3.8, 4) is 6.07 Å². The van der Waals surface area contributed by atoms with Crippen LogP contribution in [0.5, 0.6) is 0 Å². The van der Waals surface area contributed by atoms with E-state index in [0.717, 1.165) is 28.7 Å². The van der Waals surface area contributed by atoms with Crippen molar-refractivity contribution in [1.82, 2.24) is 0 Å². The molecule has 0 amide bonds. The minimum atomic E-state index is -0.204. The highest BCUT2D eigenvalue weighted by molar-refractivity contribution is 8.01. The molecule has 2 rings (SSSR count). The van der Waals surface area contributed by atoms with Crippen LogP contribution >= 0.6 is 23.4 Å². The number of benzene rings is 1. The van der Waals surface area contributed by atoms with Gasteiger partial charge in [-0.2, -0.15) is 5.26 Å². The molecule has 17 heavy (non-hydrogen) atoms. The van der Waals surface area contributed by atoms with Crippen LogP contribution < -0.4 is 0 Å². The maximum Gasteiger partial charge on any atom is 0.108 e. The van der Waals surface area contributed by atoms with Gasteiger partial charge in [0.05, 0.1) is 6.07 Å². The van der Waals surface area contributed by atoms with Crippen LogP contribution in [0.15, 0.2) is 29.2 Å². The van der Waals surface area contributed by atoms with E-state index in [-0.39, 0.29) is 4.75 Å². The zero-order chi connectivity index (χ0) is 12.3. The van der Waals surface area contributed by atoms with E-state index in [4.69, 9.17) is 11.6 Å². The number of nitriles is 1. The smallest absolute Gasteiger partial charge is 0.108 e. The first-order chi connectivity index (χ1) is 8.17. The second-order valence-electron chi connectivity index (χ2n) is 4.73. The van der Waals surface area contributed by atoms with Crippen LogP contribution in [0.4, 0.5) is 0 Å². The van der Waals surface area contributed by atoms with Crippen molar-refractivity contribution in [3.63, 3.8) is 0 Å². The number of halogens is 1. The highest BCUT2D eigenvalue weighted by atomic mass is 35.5. The summed E-state index contributed by atoms with van der Waals surface area (Å²) in [7, 11) is 0. The molecule has 1 nitrogen and oxygen atoms in total. The van der Waals surface area contributed by atoms with Gasteiger partial charge >= 0.3 is 0 Å². The fraction of sp³-hybridized carbons (Fsp3) is 0.500. The van der Waals surface area contributed by atoms with E-state index in [2.05, 4.69) is 13.0 Å². The van der Waals surface area contributed by atoms with Crippen LogP contribution in [0.2, 0.25) is 5.02 Å². The van der Waals surface area contributed by atoms with Crippen molar-refractivity contribution < 1.29 is 0 Å². The van der Waals surface area contributed by atoms with E-state index in [1.54, 1.807) is 11.8 Å². The molecule has 1 fully saturated rings. The highest BCUT2D eigenvalue weighted by Gasteiger charge is 2.44. The SMILES string of the molecule is CCCC1CC(C#N)(Sc2cccc(Cl)c2)C1. The van der Waals surface area contributed by atoms with Gasteiger partial charge in [-0.05, 0) is 37.0 Å². The minimum Gasteiger partial charge on any atom is -0.197 e. The van der Waals surface area contributed by atoms with E-state index in [1.165, 1.54) is 12.8 Å². The van der Waals surface area contributed by atoms with Gasteiger partial charge in [-0.3, -0.25) is 0 Å². The number of thioether (sulfide) groups is 1. The zero-order valence-electron chi connectivity index (χ0n) is 9.95. The van der Waals surface area contributed by atoms with Crippen LogP contribution in [0.3, 0.4) is 0 Å². The number of nitrogens with zero attached hydrogens (tertiary/aromatic N) is 1. The molecule has 0 N–H and O–H groups in total. The van der Waals surface area contributed by atoms with Crippen molar-refractivity contribution in [2.45, 2.75) is 42.2 Å². The molecule has 1 aliphatic carbocycles. The number of hydrogen-bond donors (Lipinski definition) is 0. The summed E-state index contributed by atoms with van der Waals surface area (Å²) in [5.74, 6) is 0.742. The lowest BCUT2D eigenvalue weighted by Gasteiger charge is -2.42. The Morgan fingerprint density at radius 3 is 2.88 bits per heavy atom. The molecule has 0 saturated heterocycles. The fourth-order valence-corrected chi connectivity index (χ4v) is 4.16. The summed E-state index contributed by atoms with van der Waals surface area (Å²) in [5, 5.41) is 10.1. The summed E-state index contributed by atoms with van der Waals surface area (Å²) < 4.78 is -0.204. The molecule has 3 heteroatoms. The highest BCUT2D eigenvalue weighted by Crippen LogP contribution is 2.52. The zero-order valence-corrected chi connectivity index (χ0v) is 11.5. The third-order valence-electron chi connectivity index (χ3n) is 3.25. The van der Waals surface area contributed by atoms with E-state index in [0.29, 0.717) is 0 Å². The van der Waals surface area contributed by atoms with E-state index in [9.17, 15) is 5.26 Å². The molecule has 0 aliphatic heterocycles.